The molecule has 7 nitrogen and oxygen atoms in total. The lowest BCUT2D eigenvalue weighted by Crippen LogP contribution is -2.29. The van der Waals surface area contributed by atoms with Gasteiger partial charge in [-0.15, -0.1) is 0 Å². The minimum Gasteiger partial charge on any atom is -0.483 e. The van der Waals surface area contributed by atoms with Crippen molar-refractivity contribution in [2.45, 2.75) is 19.6 Å². The molecule has 0 fully saturated rings. The molecular formula is C16H13Cl2F2N3O4. The van der Waals surface area contributed by atoms with Crippen LogP contribution in [0.25, 0.3) is 0 Å². The van der Waals surface area contributed by atoms with Crippen molar-refractivity contribution in [3.63, 3.8) is 0 Å². The predicted octanol–water partition coefficient (Wildman–Crippen LogP) is 3.57. The fourth-order valence-electron chi connectivity index (χ4n) is 2.49. The standard InChI is InChI=1S/C16H13Cl2F2N3O4/c1-7-4-21-12-8(2-3-11(14(12)26-7)27-16(19)20)15(24)22-13-9(17)5-23(25)6-10(13)18/h2-3,5-7,16,21,25H,4H2,1H3/t7-/m1/s1. The van der Waals surface area contributed by atoms with Gasteiger partial charge in [-0.1, -0.05) is 23.2 Å². The zero-order valence-electron chi connectivity index (χ0n) is 13.7. The summed E-state index contributed by atoms with van der Waals surface area (Å²) in [6, 6.07) is 2.48. The number of rotatable bonds is 3. The molecule has 1 amide bonds. The molecular weight excluding hydrogens is 407 g/mol. The number of ether oxygens (including phenoxy) is 2. The molecule has 144 valence electrons. The molecule has 1 aromatic heterocycles. The third kappa shape index (κ3) is 4.09. The van der Waals surface area contributed by atoms with E-state index in [1.165, 1.54) is 12.1 Å². The maximum Gasteiger partial charge on any atom is 0.387 e. The number of nitrogens with zero attached hydrogens (tertiary/aromatic N) is 2. The van der Waals surface area contributed by atoms with Gasteiger partial charge in [0.15, 0.2) is 11.5 Å². The van der Waals surface area contributed by atoms with Gasteiger partial charge in [-0.25, -0.2) is 4.99 Å². The normalized spacial score (nSPS) is 15.6. The van der Waals surface area contributed by atoms with Gasteiger partial charge >= 0.3 is 6.61 Å². The van der Waals surface area contributed by atoms with Crippen LogP contribution in [0.15, 0.2) is 29.5 Å². The second kappa shape index (κ2) is 7.61. The van der Waals surface area contributed by atoms with Gasteiger partial charge in [-0.3, -0.25) is 4.79 Å². The van der Waals surface area contributed by atoms with Crippen LogP contribution in [0.4, 0.5) is 14.5 Å². The summed E-state index contributed by atoms with van der Waals surface area (Å²) in [5.41, 5.74) is 0.242. The van der Waals surface area contributed by atoms with Crippen molar-refractivity contribution >= 4 is 34.8 Å². The molecule has 0 aliphatic carbocycles. The number of fused-ring (bicyclic) bond motifs is 1. The lowest BCUT2D eigenvalue weighted by Gasteiger charge is -2.27. The number of anilines is 1. The summed E-state index contributed by atoms with van der Waals surface area (Å²) in [5.74, 6) is -0.943. The molecule has 1 aromatic carbocycles. The molecule has 27 heavy (non-hydrogen) atoms. The Morgan fingerprint density at radius 3 is 2.70 bits per heavy atom. The number of carbonyl (C=O) groups is 1. The van der Waals surface area contributed by atoms with Gasteiger partial charge in [0.05, 0.1) is 40.2 Å². The molecule has 0 bridgehead atoms. The number of hydrogen-bond donors (Lipinski definition) is 2. The van der Waals surface area contributed by atoms with Crippen molar-refractivity contribution < 1.29 is 28.3 Å². The molecule has 1 atom stereocenters. The number of pyridine rings is 1. The molecule has 1 aliphatic heterocycles. The van der Waals surface area contributed by atoms with E-state index >= 15 is 0 Å². The quantitative estimate of drug-likeness (QED) is 0.742. The molecule has 0 radical (unpaired) electrons. The van der Waals surface area contributed by atoms with Gasteiger partial charge in [0.2, 0.25) is 0 Å². The maximum atomic E-state index is 12.7. The summed E-state index contributed by atoms with van der Waals surface area (Å²) >= 11 is 11.9. The number of alkyl halides is 2. The van der Waals surface area contributed by atoms with Crippen LogP contribution >= 0.6 is 23.2 Å². The highest BCUT2D eigenvalue weighted by molar-refractivity contribution is 6.34. The SMILES string of the molecule is C[C@@H]1CNc2c(C(=O)N=c3c(Cl)cn(O)cc3Cl)ccc(OC(F)F)c2O1. The van der Waals surface area contributed by atoms with Crippen molar-refractivity contribution in [2.24, 2.45) is 4.99 Å². The maximum absolute atomic E-state index is 12.7. The number of carbonyl (C=O) groups excluding carboxylic acids is 1. The molecule has 2 aromatic rings. The van der Waals surface area contributed by atoms with Crippen LogP contribution in [0, 0.1) is 0 Å². The molecule has 2 N–H and O–H groups in total. The minimum atomic E-state index is -3.05. The van der Waals surface area contributed by atoms with E-state index in [4.69, 9.17) is 27.9 Å². The molecule has 0 saturated heterocycles. The Kier molecular flexibility index (Phi) is 5.43. The minimum absolute atomic E-state index is 0.00597. The molecule has 0 saturated carbocycles. The van der Waals surface area contributed by atoms with E-state index in [1.807, 2.05) is 0 Å². The first-order valence-corrected chi connectivity index (χ1v) is 8.39. The third-order valence-corrected chi connectivity index (χ3v) is 4.16. The number of aromatic nitrogens is 1. The number of amides is 1. The van der Waals surface area contributed by atoms with Gasteiger partial charge in [0.1, 0.15) is 11.5 Å². The van der Waals surface area contributed by atoms with E-state index in [0.717, 1.165) is 12.4 Å². The molecule has 2 heterocycles. The average molecular weight is 420 g/mol. The van der Waals surface area contributed by atoms with Crippen LogP contribution in [0.5, 0.6) is 11.5 Å². The number of hydrogen-bond acceptors (Lipinski definition) is 5. The highest BCUT2D eigenvalue weighted by Gasteiger charge is 2.27. The second-order valence-corrected chi connectivity index (χ2v) is 6.42. The van der Waals surface area contributed by atoms with Crippen LogP contribution in [0.1, 0.15) is 17.3 Å². The van der Waals surface area contributed by atoms with Crippen molar-refractivity contribution in [3.05, 3.63) is 45.5 Å². The van der Waals surface area contributed by atoms with Gasteiger partial charge < -0.3 is 20.0 Å². The van der Waals surface area contributed by atoms with Gasteiger partial charge in [-0.2, -0.15) is 13.5 Å². The predicted molar refractivity (Wildman–Crippen MR) is 93.2 cm³/mol. The van der Waals surface area contributed by atoms with E-state index < -0.39 is 12.5 Å². The number of halogens is 4. The van der Waals surface area contributed by atoms with E-state index in [1.54, 1.807) is 6.92 Å². The molecule has 0 unspecified atom stereocenters. The van der Waals surface area contributed by atoms with Gasteiger partial charge in [-0.05, 0) is 19.1 Å². The first kappa shape index (κ1) is 19.2. The van der Waals surface area contributed by atoms with E-state index in [9.17, 15) is 18.8 Å². The second-order valence-electron chi connectivity index (χ2n) is 5.60. The Labute approximate surface area is 161 Å². The smallest absolute Gasteiger partial charge is 0.387 e. The fraction of sp³-hybridized carbons (Fsp3) is 0.250. The third-order valence-electron chi connectivity index (χ3n) is 3.61. The van der Waals surface area contributed by atoms with E-state index in [2.05, 4.69) is 15.0 Å². The highest BCUT2D eigenvalue weighted by atomic mass is 35.5. The van der Waals surface area contributed by atoms with Gasteiger partial charge in [0.25, 0.3) is 5.91 Å². The Morgan fingerprint density at radius 2 is 2.07 bits per heavy atom. The van der Waals surface area contributed by atoms with Crippen molar-refractivity contribution in [3.8, 4) is 11.5 Å². The average Bonchev–Trinajstić information content (AvgIpc) is 2.57. The first-order chi connectivity index (χ1) is 12.8. The largest absolute Gasteiger partial charge is 0.483 e. The molecule has 1 aliphatic rings. The molecule has 11 heteroatoms. The van der Waals surface area contributed by atoms with Gasteiger partial charge in [0, 0.05) is 0 Å². The summed E-state index contributed by atoms with van der Waals surface area (Å²) in [6.45, 7) is -0.967. The molecule has 3 rings (SSSR count). The Hall–Kier alpha value is -2.52. The summed E-state index contributed by atoms with van der Waals surface area (Å²) in [6.07, 6.45) is 1.90. The summed E-state index contributed by atoms with van der Waals surface area (Å²) in [5, 5.41) is 12.2. The van der Waals surface area contributed by atoms with Crippen LogP contribution in [0.2, 0.25) is 10.0 Å². The number of nitrogens with one attached hydrogen (secondary N) is 1. The van der Waals surface area contributed by atoms with E-state index in [-0.39, 0.29) is 44.3 Å². The zero-order chi connectivity index (χ0) is 19.7. The number of benzene rings is 1. The highest BCUT2D eigenvalue weighted by Crippen LogP contribution is 2.42. The van der Waals surface area contributed by atoms with Crippen molar-refractivity contribution in [2.75, 3.05) is 11.9 Å². The van der Waals surface area contributed by atoms with Crippen molar-refractivity contribution in [1.29, 1.82) is 0 Å². The van der Waals surface area contributed by atoms with Crippen molar-refractivity contribution in [1.82, 2.24) is 4.73 Å². The summed E-state index contributed by atoms with van der Waals surface area (Å²) in [4.78, 5) is 16.5. The van der Waals surface area contributed by atoms with E-state index in [0.29, 0.717) is 11.3 Å². The van der Waals surface area contributed by atoms with Crippen LogP contribution < -0.4 is 20.1 Å². The zero-order valence-corrected chi connectivity index (χ0v) is 15.3. The van der Waals surface area contributed by atoms with Crippen LogP contribution in [-0.4, -0.2) is 35.1 Å². The summed E-state index contributed by atoms with van der Waals surface area (Å²) in [7, 11) is 0. The Balaban J connectivity index is 2.09. The monoisotopic (exact) mass is 419 g/mol. The molecule has 0 spiro atoms. The lowest BCUT2D eigenvalue weighted by molar-refractivity contribution is -0.0519. The first-order valence-electron chi connectivity index (χ1n) is 7.64. The lowest BCUT2D eigenvalue weighted by atomic mass is 10.1. The van der Waals surface area contributed by atoms with Crippen LogP contribution in [0.3, 0.4) is 0 Å². The fourth-order valence-corrected chi connectivity index (χ4v) is 3.02. The Bertz CT molecular complexity index is 939. The summed E-state index contributed by atoms with van der Waals surface area (Å²) < 4.78 is 35.9. The Morgan fingerprint density at radius 1 is 1.41 bits per heavy atom. The topological polar surface area (TPSA) is 85.1 Å². The van der Waals surface area contributed by atoms with Crippen LogP contribution in [-0.2, 0) is 0 Å².